The van der Waals surface area contributed by atoms with Crippen LogP contribution in [0.2, 0.25) is 0 Å². The number of hydrogen-bond donors (Lipinski definition) is 0. The number of pyridine rings is 1. The van der Waals surface area contributed by atoms with Crippen LogP contribution in [0.3, 0.4) is 0 Å². The largest absolute Gasteiger partial charge is 0.355 e. The first kappa shape index (κ1) is 16.2. The molecule has 3 rings (SSSR count). The fourth-order valence-electron chi connectivity index (χ4n) is 2.19. The van der Waals surface area contributed by atoms with Gasteiger partial charge >= 0.3 is 5.69 Å². The normalized spacial score (nSPS) is 10.8. The molecule has 0 aliphatic carbocycles. The topological polar surface area (TPSA) is 67.6 Å². The molecule has 2 heterocycles. The standard InChI is InChI=1S/C17H16N4O2S/c1-12-8-9-14-18-16(19-17(23)21(14)10-12)24-11-15(22)20(2)13-6-4-3-5-7-13/h3-10H,11H2,1-2H3. The van der Waals surface area contributed by atoms with E-state index in [-0.39, 0.29) is 11.7 Å². The second-order valence-corrected chi connectivity index (χ2v) is 6.24. The summed E-state index contributed by atoms with van der Waals surface area (Å²) >= 11 is 1.16. The maximum Gasteiger partial charge on any atom is 0.355 e. The van der Waals surface area contributed by atoms with Gasteiger partial charge in [0.1, 0.15) is 5.65 Å². The number of para-hydroxylation sites is 1. The van der Waals surface area contributed by atoms with E-state index in [0.29, 0.717) is 10.8 Å². The number of benzene rings is 1. The van der Waals surface area contributed by atoms with Crippen LogP contribution in [0, 0.1) is 6.92 Å². The zero-order chi connectivity index (χ0) is 17.1. The van der Waals surface area contributed by atoms with Gasteiger partial charge in [-0.05, 0) is 30.7 Å². The quantitative estimate of drug-likeness (QED) is 0.681. The molecule has 24 heavy (non-hydrogen) atoms. The summed E-state index contributed by atoms with van der Waals surface area (Å²) in [6.07, 6.45) is 1.69. The van der Waals surface area contributed by atoms with Crippen LogP contribution in [0.4, 0.5) is 5.69 Å². The van der Waals surface area contributed by atoms with Crippen molar-refractivity contribution < 1.29 is 4.79 Å². The maximum atomic E-state index is 12.3. The number of amides is 1. The van der Waals surface area contributed by atoms with E-state index in [1.54, 1.807) is 24.2 Å². The highest BCUT2D eigenvalue weighted by molar-refractivity contribution is 7.99. The molecule has 0 fully saturated rings. The molecule has 122 valence electrons. The van der Waals surface area contributed by atoms with Crippen LogP contribution >= 0.6 is 11.8 Å². The number of thioether (sulfide) groups is 1. The van der Waals surface area contributed by atoms with Crippen LogP contribution < -0.4 is 10.6 Å². The number of nitrogens with zero attached hydrogens (tertiary/aromatic N) is 4. The molecule has 3 aromatic rings. The molecule has 0 spiro atoms. The molecule has 0 aliphatic rings. The van der Waals surface area contributed by atoms with E-state index in [1.165, 1.54) is 4.40 Å². The average molecular weight is 340 g/mol. The van der Waals surface area contributed by atoms with Gasteiger partial charge in [-0.2, -0.15) is 4.98 Å². The van der Waals surface area contributed by atoms with Crippen LogP contribution in [-0.2, 0) is 4.79 Å². The Bertz CT molecular complexity index is 940. The highest BCUT2D eigenvalue weighted by Crippen LogP contribution is 2.16. The number of fused-ring (bicyclic) bond motifs is 1. The van der Waals surface area contributed by atoms with Crippen LogP contribution in [0.1, 0.15) is 5.56 Å². The van der Waals surface area contributed by atoms with Crippen molar-refractivity contribution in [2.45, 2.75) is 12.1 Å². The van der Waals surface area contributed by atoms with Crippen molar-refractivity contribution in [3.8, 4) is 0 Å². The number of carbonyl (C=O) groups excluding carboxylic acids is 1. The molecule has 0 saturated carbocycles. The summed E-state index contributed by atoms with van der Waals surface area (Å²) in [5.74, 6) is 0.0752. The SMILES string of the molecule is Cc1ccc2nc(SCC(=O)N(C)c3ccccc3)nc(=O)n2c1. The van der Waals surface area contributed by atoms with Gasteiger partial charge in [0.2, 0.25) is 5.91 Å². The predicted molar refractivity (Wildman–Crippen MR) is 94.6 cm³/mol. The summed E-state index contributed by atoms with van der Waals surface area (Å²) in [5, 5.41) is 0.304. The van der Waals surface area contributed by atoms with Crippen molar-refractivity contribution >= 4 is 29.0 Å². The summed E-state index contributed by atoms with van der Waals surface area (Å²) in [6.45, 7) is 1.90. The monoisotopic (exact) mass is 340 g/mol. The highest BCUT2D eigenvalue weighted by Gasteiger charge is 2.13. The van der Waals surface area contributed by atoms with Crippen LogP contribution in [0.5, 0.6) is 0 Å². The predicted octanol–water partition coefficient (Wildman–Crippen LogP) is 2.15. The molecule has 0 unspecified atom stereocenters. The third kappa shape index (κ3) is 3.46. The molecule has 0 radical (unpaired) electrons. The third-order valence-corrected chi connectivity index (χ3v) is 4.36. The Balaban J connectivity index is 1.75. The van der Waals surface area contributed by atoms with Gasteiger partial charge in [-0.1, -0.05) is 36.0 Å². The van der Waals surface area contributed by atoms with Gasteiger partial charge in [0, 0.05) is 18.9 Å². The van der Waals surface area contributed by atoms with E-state index in [9.17, 15) is 9.59 Å². The molecular weight excluding hydrogens is 324 g/mol. The molecule has 0 N–H and O–H groups in total. The molecular formula is C17H16N4O2S. The Morgan fingerprint density at radius 1 is 1.17 bits per heavy atom. The first-order valence-electron chi connectivity index (χ1n) is 7.36. The third-order valence-electron chi connectivity index (χ3n) is 3.52. The Hall–Kier alpha value is -2.67. The lowest BCUT2D eigenvalue weighted by Crippen LogP contribution is -2.28. The first-order chi connectivity index (χ1) is 11.5. The minimum absolute atomic E-state index is 0.0843. The first-order valence-corrected chi connectivity index (χ1v) is 8.34. The Morgan fingerprint density at radius 2 is 1.92 bits per heavy atom. The lowest BCUT2D eigenvalue weighted by Gasteiger charge is -2.16. The van der Waals surface area contributed by atoms with Crippen LogP contribution in [0.25, 0.3) is 5.65 Å². The number of aromatic nitrogens is 3. The molecule has 0 atom stereocenters. The molecule has 1 aromatic carbocycles. The number of carbonyl (C=O) groups is 1. The molecule has 0 bridgehead atoms. The summed E-state index contributed by atoms with van der Waals surface area (Å²) in [7, 11) is 1.72. The van der Waals surface area contributed by atoms with Crippen molar-refractivity contribution in [3.63, 3.8) is 0 Å². The van der Waals surface area contributed by atoms with Crippen molar-refractivity contribution in [3.05, 3.63) is 64.7 Å². The van der Waals surface area contributed by atoms with Gasteiger partial charge in [-0.25, -0.2) is 9.78 Å². The van der Waals surface area contributed by atoms with E-state index in [4.69, 9.17) is 0 Å². The van der Waals surface area contributed by atoms with Gasteiger partial charge in [0.15, 0.2) is 5.16 Å². The van der Waals surface area contributed by atoms with Gasteiger partial charge in [0.05, 0.1) is 5.75 Å². The van der Waals surface area contributed by atoms with Crippen LogP contribution in [0.15, 0.2) is 58.6 Å². The Kier molecular flexibility index (Phi) is 4.61. The summed E-state index contributed by atoms with van der Waals surface area (Å²) in [6, 6.07) is 13.0. The maximum absolute atomic E-state index is 12.3. The number of aryl methyl sites for hydroxylation is 1. The number of hydrogen-bond acceptors (Lipinski definition) is 5. The zero-order valence-corrected chi connectivity index (χ0v) is 14.2. The molecule has 0 aliphatic heterocycles. The molecule has 1 amide bonds. The average Bonchev–Trinajstić information content (AvgIpc) is 2.60. The molecule has 6 nitrogen and oxygen atoms in total. The highest BCUT2D eigenvalue weighted by atomic mass is 32.2. The fourth-order valence-corrected chi connectivity index (χ4v) is 2.93. The lowest BCUT2D eigenvalue weighted by molar-refractivity contribution is -0.115. The molecule has 0 saturated heterocycles. The Morgan fingerprint density at radius 3 is 2.67 bits per heavy atom. The zero-order valence-electron chi connectivity index (χ0n) is 13.3. The van der Waals surface area contributed by atoms with E-state index in [2.05, 4.69) is 9.97 Å². The summed E-state index contributed by atoms with van der Waals surface area (Å²) in [4.78, 5) is 34.2. The number of rotatable bonds is 4. The van der Waals surface area contributed by atoms with E-state index < -0.39 is 5.69 Å². The van der Waals surface area contributed by atoms with Gasteiger partial charge in [-0.15, -0.1) is 0 Å². The van der Waals surface area contributed by atoms with Crippen LogP contribution in [-0.4, -0.2) is 33.1 Å². The van der Waals surface area contributed by atoms with Gasteiger partial charge < -0.3 is 4.90 Å². The fraction of sp³-hybridized carbons (Fsp3) is 0.176. The Labute approximate surface area is 143 Å². The van der Waals surface area contributed by atoms with Crippen molar-refractivity contribution in [2.75, 3.05) is 17.7 Å². The lowest BCUT2D eigenvalue weighted by atomic mass is 10.3. The molecule has 2 aromatic heterocycles. The van der Waals surface area contributed by atoms with Gasteiger partial charge in [0.25, 0.3) is 0 Å². The molecule has 7 heteroatoms. The van der Waals surface area contributed by atoms with E-state index in [0.717, 1.165) is 23.0 Å². The second kappa shape index (κ2) is 6.84. The van der Waals surface area contributed by atoms with Gasteiger partial charge in [-0.3, -0.25) is 9.20 Å². The smallest absolute Gasteiger partial charge is 0.315 e. The summed E-state index contributed by atoms with van der Waals surface area (Å²) < 4.78 is 1.40. The minimum atomic E-state index is -0.393. The number of anilines is 1. The second-order valence-electron chi connectivity index (χ2n) is 5.30. The van der Waals surface area contributed by atoms with Crippen molar-refractivity contribution in [1.82, 2.24) is 14.4 Å². The van der Waals surface area contributed by atoms with Crippen molar-refractivity contribution in [1.29, 1.82) is 0 Å². The van der Waals surface area contributed by atoms with E-state index >= 15 is 0 Å². The van der Waals surface area contributed by atoms with E-state index in [1.807, 2.05) is 43.3 Å². The minimum Gasteiger partial charge on any atom is -0.315 e. The summed E-state index contributed by atoms with van der Waals surface area (Å²) in [5.41, 5.74) is 1.90. The van der Waals surface area contributed by atoms with Crippen molar-refractivity contribution in [2.24, 2.45) is 0 Å².